The lowest BCUT2D eigenvalue weighted by Gasteiger charge is -2.15. The molecule has 1 unspecified atom stereocenters. The minimum Gasteiger partial charge on any atom is -0.394 e. The minimum absolute atomic E-state index is 0.211. The molecule has 0 aliphatic rings. The Morgan fingerprint density at radius 3 is 2.47 bits per heavy atom. The molecule has 84 valence electrons. The lowest BCUT2D eigenvalue weighted by Crippen LogP contribution is -2.23. The fourth-order valence-corrected chi connectivity index (χ4v) is 1.44. The first-order valence-electron chi connectivity index (χ1n) is 5.16. The molecule has 3 nitrogen and oxygen atoms in total. The van der Waals surface area contributed by atoms with Crippen LogP contribution in [0.25, 0.3) is 0 Å². The van der Waals surface area contributed by atoms with Crippen molar-refractivity contribution >= 4 is 5.69 Å². The van der Waals surface area contributed by atoms with Crippen LogP contribution < -0.4 is 5.32 Å². The highest BCUT2D eigenvalue weighted by Gasteiger charge is 2.05. The van der Waals surface area contributed by atoms with E-state index < -0.39 is 6.10 Å². The third kappa shape index (κ3) is 2.94. The molecule has 0 fully saturated rings. The van der Waals surface area contributed by atoms with E-state index in [0.717, 1.165) is 5.69 Å². The SMILES string of the molecule is Cc1ccc(NCC(O)CO)c(C)c1C. The number of benzene rings is 1. The van der Waals surface area contributed by atoms with Crippen molar-refractivity contribution < 1.29 is 10.2 Å². The first-order chi connectivity index (χ1) is 7.06. The zero-order chi connectivity index (χ0) is 11.4. The topological polar surface area (TPSA) is 52.5 Å². The van der Waals surface area contributed by atoms with Gasteiger partial charge in [0.2, 0.25) is 0 Å². The molecule has 0 spiro atoms. The Hall–Kier alpha value is -1.06. The lowest BCUT2D eigenvalue weighted by atomic mass is 10.0. The molecule has 0 saturated heterocycles. The summed E-state index contributed by atoms with van der Waals surface area (Å²) in [6, 6.07) is 4.05. The Labute approximate surface area is 90.8 Å². The van der Waals surface area contributed by atoms with Gasteiger partial charge in [0.25, 0.3) is 0 Å². The molecule has 0 aliphatic carbocycles. The number of hydrogen-bond acceptors (Lipinski definition) is 3. The second-order valence-electron chi connectivity index (χ2n) is 3.90. The molecule has 0 bridgehead atoms. The van der Waals surface area contributed by atoms with E-state index in [4.69, 9.17) is 5.11 Å². The van der Waals surface area contributed by atoms with E-state index in [-0.39, 0.29) is 6.61 Å². The van der Waals surface area contributed by atoms with Gasteiger partial charge in [0.15, 0.2) is 0 Å². The number of nitrogens with one attached hydrogen (secondary N) is 1. The van der Waals surface area contributed by atoms with E-state index in [0.29, 0.717) is 6.54 Å². The molecule has 0 aromatic heterocycles. The van der Waals surface area contributed by atoms with Crippen molar-refractivity contribution in [2.45, 2.75) is 26.9 Å². The number of aryl methyl sites for hydroxylation is 1. The first kappa shape index (κ1) is 12.0. The van der Waals surface area contributed by atoms with Crippen molar-refractivity contribution in [3.8, 4) is 0 Å². The third-order valence-corrected chi connectivity index (χ3v) is 2.80. The van der Waals surface area contributed by atoms with Crippen LogP contribution in [0.3, 0.4) is 0 Å². The molecule has 3 N–H and O–H groups in total. The number of hydrogen-bond donors (Lipinski definition) is 3. The second kappa shape index (κ2) is 5.14. The number of rotatable bonds is 4. The van der Waals surface area contributed by atoms with Crippen LogP contribution in [0.1, 0.15) is 16.7 Å². The maximum atomic E-state index is 9.22. The average Bonchev–Trinajstić information content (AvgIpc) is 2.24. The summed E-state index contributed by atoms with van der Waals surface area (Å²) < 4.78 is 0. The van der Waals surface area contributed by atoms with E-state index in [9.17, 15) is 5.11 Å². The molecule has 1 rings (SSSR count). The Kier molecular flexibility index (Phi) is 4.12. The van der Waals surface area contributed by atoms with Crippen molar-refractivity contribution in [2.24, 2.45) is 0 Å². The van der Waals surface area contributed by atoms with E-state index in [1.807, 2.05) is 6.07 Å². The average molecular weight is 209 g/mol. The van der Waals surface area contributed by atoms with E-state index in [1.54, 1.807) is 0 Å². The minimum atomic E-state index is -0.703. The fraction of sp³-hybridized carbons (Fsp3) is 0.500. The molecule has 0 saturated carbocycles. The Morgan fingerprint density at radius 1 is 1.20 bits per heavy atom. The standard InChI is InChI=1S/C12H19NO2/c1-8-4-5-12(10(3)9(8)2)13-6-11(15)7-14/h4-5,11,13-15H,6-7H2,1-3H3. The van der Waals surface area contributed by atoms with Crippen LogP contribution in [-0.2, 0) is 0 Å². The van der Waals surface area contributed by atoms with E-state index in [2.05, 4.69) is 32.2 Å². The smallest absolute Gasteiger partial charge is 0.0942 e. The van der Waals surface area contributed by atoms with Gasteiger partial charge in [0, 0.05) is 12.2 Å². The molecule has 0 aliphatic heterocycles. The first-order valence-corrected chi connectivity index (χ1v) is 5.16. The quantitative estimate of drug-likeness (QED) is 0.702. The van der Waals surface area contributed by atoms with Crippen LogP contribution in [0.5, 0.6) is 0 Å². The van der Waals surface area contributed by atoms with Crippen molar-refractivity contribution in [1.29, 1.82) is 0 Å². The molecule has 15 heavy (non-hydrogen) atoms. The van der Waals surface area contributed by atoms with Gasteiger partial charge in [-0.15, -0.1) is 0 Å². The van der Waals surface area contributed by atoms with Gasteiger partial charge in [-0.25, -0.2) is 0 Å². The van der Waals surface area contributed by atoms with Gasteiger partial charge < -0.3 is 15.5 Å². The van der Waals surface area contributed by atoms with E-state index in [1.165, 1.54) is 16.7 Å². The molecular formula is C12H19NO2. The molecule has 0 radical (unpaired) electrons. The predicted molar refractivity (Wildman–Crippen MR) is 62.2 cm³/mol. The summed E-state index contributed by atoms with van der Waals surface area (Å²) in [4.78, 5) is 0. The zero-order valence-corrected chi connectivity index (χ0v) is 9.54. The van der Waals surface area contributed by atoms with Gasteiger partial charge in [0.05, 0.1) is 12.7 Å². The van der Waals surface area contributed by atoms with Gasteiger partial charge in [-0.05, 0) is 43.5 Å². The van der Waals surface area contributed by atoms with Gasteiger partial charge in [0.1, 0.15) is 0 Å². The van der Waals surface area contributed by atoms with Gasteiger partial charge in [-0.3, -0.25) is 0 Å². The number of aliphatic hydroxyl groups is 2. The van der Waals surface area contributed by atoms with Gasteiger partial charge in [-0.1, -0.05) is 6.07 Å². The highest BCUT2D eigenvalue weighted by atomic mass is 16.3. The second-order valence-corrected chi connectivity index (χ2v) is 3.90. The normalized spacial score (nSPS) is 12.6. The predicted octanol–water partition coefficient (Wildman–Crippen LogP) is 1.38. The number of aliphatic hydroxyl groups excluding tert-OH is 2. The Balaban J connectivity index is 2.74. The highest BCUT2D eigenvalue weighted by Crippen LogP contribution is 2.21. The van der Waals surface area contributed by atoms with Crippen LogP contribution in [-0.4, -0.2) is 29.5 Å². The number of anilines is 1. The van der Waals surface area contributed by atoms with E-state index >= 15 is 0 Å². The fourth-order valence-electron chi connectivity index (χ4n) is 1.44. The van der Waals surface area contributed by atoms with Crippen molar-refractivity contribution in [2.75, 3.05) is 18.5 Å². The van der Waals surface area contributed by atoms with Gasteiger partial charge >= 0.3 is 0 Å². The van der Waals surface area contributed by atoms with Crippen molar-refractivity contribution in [3.05, 3.63) is 28.8 Å². The van der Waals surface area contributed by atoms with Crippen molar-refractivity contribution in [3.63, 3.8) is 0 Å². The zero-order valence-electron chi connectivity index (χ0n) is 9.54. The molecule has 1 aromatic carbocycles. The monoisotopic (exact) mass is 209 g/mol. The van der Waals surface area contributed by atoms with Crippen LogP contribution in [0.15, 0.2) is 12.1 Å². The maximum absolute atomic E-state index is 9.22. The summed E-state index contributed by atoms with van der Waals surface area (Å²) in [5, 5.41) is 21.0. The Bertz CT molecular complexity index is 337. The molecule has 1 aromatic rings. The summed E-state index contributed by atoms with van der Waals surface area (Å²) in [6.07, 6.45) is -0.703. The highest BCUT2D eigenvalue weighted by molar-refractivity contribution is 5.56. The summed E-state index contributed by atoms with van der Waals surface area (Å²) in [7, 11) is 0. The third-order valence-electron chi connectivity index (χ3n) is 2.80. The lowest BCUT2D eigenvalue weighted by molar-refractivity contribution is 0.105. The molecule has 3 heteroatoms. The molecule has 0 heterocycles. The molecule has 0 amide bonds. The summed E-state index contributed by atoms with van der Waals surface area (Å²) in [5.41, 5.74) is 4.74. The summed E-state index contributed by atoms with van der Waals surface area (Å²) in [6.45, 7) is 6.37. The molecular weight excluding hydrogens is 190 g/mol. The van der Waals surface area contributed by atoms with Crippen LogP contribution in [0.4, 0.5) is 5.69 Å². The summed E-state index contributed by atoms with van der Waals surface area (Å²) >= 11 is 0. The van der Waals surface area contributed by atoms with Crippen molar-refractivity contribution in [1.82, 2.24) is 0 Å². The van der Waals surface area contributed by atoms with Crippen LogP contribution >= 0.6 is 0 Å². The Morgan fingerprint density at radius 2 is 1.87 bits per heavy atom. The van der Waals surface area contributed by atoms with Gasteiger partial charge in [-0.2, -0.15) is 0 Å². The maximum Gasteiger partial charge on any atom is 0.0942 e. The van der Waals surface area contributed by atoms with Crippen LogP contribution in [0.2, 0.25) is 0 Å². The van der Waals surface area contributed by atoms with Crippen LogP contribution in [0, 0.1) is 20.8 Å². The molecule has 1 atom stereocenters. The summed E-state index contributed by atoms with van der Waals surface area (Å²) in [5.74, 6) is 0. The largest absolute Gasteiger partial charge is 0.394 e.